The van der Waals surface area contributed by atoms with Gasteiger partial charge in [-0.25, -0.2) is 0 Å². The van der Waals surface area contributed by atoms with Crippen LogP contribution in [0.25, 0.3) is 10.9 Å². The van der Waals surface area contributed by atoms with Crippen LogP contribution < -0.4 is 0 Å². The van der Waals surface area contributed by atoms with Crippen LogP contribution in [0.1, 0.15) is 12.5 Å². The lowest BCUT2D eigenvalue weighted by Gasteiger charge is -2.04. The van der Waals surface area contributed by atoms with Crippen molar-refractivity contribution in [1.29, 1.82) is 0 Å². The van der Waals surface area contributed by atoms with Crippen LogP contribution in [-0.2, 0) is 6.42 Å². The molecule has 0 saturated carbocycles. The number of rotatable bonds is 3. The minimum absolute atomic E-state index is 0.431. The molecule has 1 N–H and O–H groups in total. The van der Waals surface area contributed by atoms with Crippen molar-refractivity contribution in [2.45, 2.75) is 19.5 Å². The molecular formula is C13H13F3N2. The van der Waals surface area contributed by atoms with E-state index in [1.54, 1.807) is 6.92 Å². The molecule has 0 atom stereocenters. The molecule has 2 aromatic rings. The quantitative estimate of drug-likeness (QED) is 0.808. The van der Waals surface area contributed by atoms with Gasteiger partial charge in [-0.3, -0.25) is 4.99 Å². The SMILES string of the molecule is C/C(Cc1c[nH]c2ccccc12)=N\CC(F)(F)F. The molecule has 0 aliphatic carbocycles. The molecule has 0 aliphatic rings. The molecule has 0 spiro atoms. The van der Waals surface area contributed by atoms with Gasteiger partial charge in [-0.05, 0) is 18.6 Å². The maximum absolute atomic E-state index is 12.0. The summed E-state index contributed by atoms with van der Waals surface area (Å²) in [5, 5.41) is 1.03. The van der Waals surface area contributed by atoms with Crippen molar-refractivity contribution in [2.75, 3.05) is 6.54 Å². The predicted octanol–water partition coefficient (Wildman–Crippen LogP) is 3.73. The Morgan fingerprint density at radius 1 is 1.28 bits per heavy atom. The number of aliphatic imine (C=N–C) groups is 1. The molecule has 0 fully saturated rings. The average Bonchev–Trinajstić information content (AvgIpc) is 2.70. The molecule has 18 heavy (non-hydrogen) atoms. The van der Waals surface area contributed by atoms with Gasteiger partial charge in [0.25, 0.3) is 0 Å². The summed E-state index contributed by atoms with van der Waals surface area (Å²) in [6, 6.07) is 7.69. The fraction of sp³-hybridized carbons (Fsp3) is 0.308. The summed E-state index contributed by atoms with van der Waals surface area (Å²) in [5.74, 6) is 0. The number of hydrogen-bond acceptors (Lipinski definition) is 1. The number of aromatic nitrogens is 1. The van der Waals surface area contributed by atoms with Crippen LogP contribution in [0.3, 0.4) is 0 Å². The number of nitrogens with one attached hydrogen (secondary N) is 1. The van der Waals surface area contributed by atoms with E-state index in [9.17, 15) is 13.2 Å². The highest BCUT2D eigenvalue weighted by atomic mass is 19.4. The molecule has 0 amide bonds. The minimum Gasteiger partial charge on any atom is -0.361 e. The van der Waals surface area contributed by atoms with E-state index in [1.165, 1.54) is 0 Å². The topological polar surface area (TPSA) is 28.1 Å². The second-order valence-corrected chi connectivity index (χ2v) is 4.20. The number of H-pyrrole nitrogens is 1. The molecular weight excluding hydrogens is 241 g/mol. The Hall–Kier alpha value is -1.78. The highest BCUT2D eigenvalue weighted by Gasteiger charge is 2.26. The Labute approximate surface area is 103 Å². The van der Waals surface area contributed by atoms with Crippen molar-refractivity contribution in [1.82, 2.24) is 4.98 Å². The highest BCUT2D eigenvalue weighted by Crippen LogP contribution is 2.19. The summed E-state index contributed by atoms with van der Waals surface area (Å²) in [7, 11) is 0. The van der Waals surface area contributed by atoms with Crippen molar-refractivity contribution in [3.63, 3.8) is 0 Å². The maximum Gasteiger partial charge on any atom is 0.407 e. The number of fused-ring (bicyclic) bond motifs is 1. The van der Waals surface area contributed by atoms with Gasteiger partial charge in [0.05, 0.1) is 0 Å². The largest absolute Gasteiger partial charge is 0.407 e. The van der Waals surface area contributed by atoms with Gasteiger partial charge >= 0.3 is 6.18 Å². The van der Waals surface area contributed by atoms with Crippen LogP contribution >= 0.6 is 0 Å². The van der Waals surface area contributed by atoms with Gasteiger partial charge in [0.15, 0.2) is 0 Å². The van der Waals surface area contributed by atoms with Gasteiger partial charge < -0.3 is 4.98 Å². The number of para-hydroxylation sites is 1. The second-order valence-electron chi connectivity index (χ2n) is 4.20. The number of hydrogen-bond donors (Lipinski definition) is 1. The molecule has 2 rings (SSSR count). The van der Waals surface area contributed by atoms with Crippen LogP contribution in [0, 0.1) is 0 Å². The van der Waals surface area contributed by atoms with Crippen LogP contribution in [0.2, 0.25) is 0 Å². The summed E-state index contributed by atoms with van der Waals surface area (Å²) in [6.07, 6.45) is -1.99. The third-order valence-corrected chi connectivity index (χ3v) is 2.65. The van der Waals surface area contributed by atoms with Gasteiger partial charge in [-0.1, -0.05) is 18.2 Å². The summed E-state index contributed by atoms with van der Waals surface area (Å²) >= 11 is 0. The first-order valence-corrected chi connectivity index (χ1v) is 5.57. The number of alkyl halides is 3. The number of nitrogens with zero attached hydrogens (tertiary/aromatic N) is 1. The zero-order valence-corrected chi connectivity index (χ0v) is 9.88. The minimum atomic E-state index is -4.23. The summed E-state index contributed by atoms with van der Waals surface area (Å²) in [5.41, 5.74) is 2.43. The Kier molecular flexibility index (Phi) is 3.41. The first-order chi connectivity index (χ1) is 8.46. The van der Waals surface area contributed by atoms with E-state index in [2.05, 4.69) is 9.98 Å². The molecule has 96 valence electrons. The van der Waals surface area contributed by atoms with Gasteiger partial charge in [-0.2, -0.15) is 13.2 Å². The highest BCUT2D eigenvalue weighted by molar-refractivity contribution is 5.91. The number of halogens is 3. The molecule has 1 aromatic carbocycles. The lowest BCUT2D eigenvalue weighted by atomic mass is 10.1. The smallest absolute Gasteiger partial charge is 0.361 e. The zero-order chi connectivity index (χ0) is 13.2. The van der Waals surface area contributed by atoms with Gasteiger partial charge in [0, 0.05) is 29.2 Å². The van der Waals surface area contributed by atoms with E-state index in [1.807, 2.05) is 30.5 Å². The van der Waals surface area contributed by atoms with Crippen molar-refractivity contribution in [3.8, 4) is 0 Å². The van der Waals surface area contributed by atoms with Crippen molar-refractivity contribution < 1.29 is 13.2 Å². The van der Waals surface area contributed by atoms with E-state index in [4.69, 9.17) is 0 Å². The molecule has 0 saturated heterocycles. The van der Waals surface area contributed by atoms with Crippen molar-refractivity contribution >= 4 is 16.6 Å². The number of benzene rings is 1. The third kappa shape index (κ3) is 3.12. The lowest BCUT2D eigenvalue weighted by Crippen LogP contribution is -2.13. The Morgan fingerprint density at radius 2 is 2.00 bits per heavy atom. The third-order valence-electron chi connectivity index (χ3n) is 2.65. The molecule has 5 heteroatoms. The van der Waals surface area contributed by atoms with Gasteiger partial charge in [0.1, 0.15) is 6.54 Å². The van der Waals surface area contributed by atoms with Crippen LogP contribution in [0.15, 0.2) is 35.5 Å². The van der Waals surface area contributed by atoms with E-state index < -0.39 is 12.7 Å². The molecule has 0 bridgehead atoms. The van der Waals surface area contributed by atoms with Gasteiger partial charge in [-0.15, -0.1) is 0 Å². The van der Waals surface area contributed by atoms with Crippen LogP contribution in [0.4, 0.5) is 13.2 Å². The standard InChI is InChI=1S/C13H13F3N2/c1-9(18-8-13(14,15)16)6-10-7-17-12-5-3-2-4-11(10)12/h2-5,7,17H,6,8H2,1H3/b18-9+. The van der Waals surface area contributed by atoms with Crippen molar-refractivity contribution in [3.05, 3.63) is 36.0 Å². The maximum atomic E-state index is 12.0. The van der Waals surface area contributed by atoms with Crippen LogP contribution in [0.5, 0.6) is 0 Å². The normalized spacial score (nSPS) is 13.2. The Bertz CT molecular complexity index is 567. The number of aromatic amines is 1. The van der Waals surface area contributed by atoms with E-state index in [0.717, 1.165) is 16.5 Å². The first kappa shape index (κ1) is 12.7. The average molecular weight is 254 g/mol. The Morgan fingerprint density at radius 3 is 2.72 bits per heavy atom. The lowest BCUT2D eigenvalue weighted by molar-refractivity contribution is -0.118. The van der Waals surface area contributed by atoms with Gasteiger partial charge in [0.2, 0.25) is 0 Å². The summed E-state index contributed by atoms with van der Waals surface area (Å²) in [6.45, 7) is 0.509. The molecule has 1 heterocycles. The van der Waals surface area contributed by atoms with Crippen LogP contribution in [-0.4, -0.2) is 23.4 Å². The second kappa shape index (κ2) is 4.84. The fourth-order valence-electron chi connectivity index (χ4n) is 1.83. The predicted molar refractivity (Wildman–Crippen MR) is 66.0 cm³/mol. The summed E-state index contributed by atoms with van der Waals surface area (Å²) < 4.78 is 36.1. The van der Waals surface area contributed by atoms with E-state index in [-0.39, 0.29) is 0 Å². The van der Waals surface area contributed by atoms with E-state index >= 15 is 0 Å². The van der Waals surface area contributed by atoms with Crippen molar-refractivity contribution in [2.24, 2.45) is 4.99 Å². The molecule has 2 nitrogen and oxygen atoms in total. The Balaban J connectivity index is 2.14. The molecule has 0 radical (unpaired) electrons. The molecule has 1 aromatic heterocycles. The monoisotopic (exact) mass is 254 g/mol. The zero-order valence-electron chi connectivity index (χ0n) is 9.88. The first-order valence-electron chi connectivity index (χ1n) is 5.57. The van der Waals surface area contributed by atoms with E-state index in [0.29, 0.717) is 12.1 Å². The summed E-state index contributed by atoms with van der Waals surface area (Å²) in [4.78, 5) is 6.64. The fourth-order valence-corrected chi connectivity index (χ4v) is 1.83. The molecule has 0 aliphatic heterocycles. The molecule has 0 unspecified atom stereocenters.